The molecule has 1 aromatic rings. The minimum absolute atomic E-state index is 0.0144. The first-order chi connectivity index (χ1) is 13.0. The van der Waals surface area contributed by atoms with Crippen molar-refractivity contribution in [3.05, 3.63) is 48.3 Å². The normalized spacial score (nSPS) is 18.6. The summed E-state index contributed by atoms with van der Waals surface area (Å²) < 4.78 is 13.3. The summed E-state index contributed by atoms with van der Waals surface area (Å²) in [6.07, 6.45) is 2.50. The highest BCUT2D eigenvalue weighted by Gasteiger charge is 2.33. The molecule has 0 N–H and O–H groups in total. The molecule has 2 saturated heterocycles. The van der Waals surface area contributed by atoms with E-state index < -0.39 is 0 Å². The van der Waals surface area contributed by atoms with E-state index in [2.05, 4.69) is 6.58 Å². The van der Waals surface area contributed by atoms with Gasteiger partial charge in [0.15, 0.2) is 0 Å². The minimum atomic E-state index is -0.324. The van der Waals surface area contributed by atoms with Crippen molar-refractivity contribution in [2.24, 2.45) is 5.92 Å². The molecular weight excluding hydrogens is 349 g/mol. The molecule has 0 bridgehead atoms. The number of hydrogen-bond donors (Lipinski definition) is 0. The highest BCUT2D eigenvalue weighted by Crippen LogP contribution is 2.21. The maximum atomic E-state index is 13.3. The van der Waals surface area contributed by atoms with Gasteiger partial charge in [-0.05, 0) is 36.6 Å². The van der Waals surface area contributed by atoms with E-state index in [-0.39, 0.29) is 36.0 Å². The number of amides is 3. The summed E-state index contributed by atoms with van der Waals surface area (Å²) in [5, 5.41) is 0. The lowest BCUT2D eigenvalue weighted by Crippen LogP contribution is -2.54. The Morgan fingerprint density at radius 3 is 2.52 bits per heavy atom. The van der Waals surface area contributed by atoms with E-state index >= 15 is 0 Å². The molecule has 144 valence electrons. The van der Waals surface area contributed by atoms with Crippen molar-refractivity contribution in [3.63, 3.8) is 0 Å². The number of halogens is 1. The van der Waals surface area contributed by atoms with Crippen LogP contribution >= 0.6 is 0 Å². The highest BCUT2D eigenvalue weighted by molar-refractivity contribution is 5.88. The fourth-order valence-electron chi connectivity index (χ4n) is 3.65. The monoisotopic (exact) mass is 373 g/mol. The Bertz CT molecular complexity index is 744. The second-order valence-corrected chi connectivity index (χ2v) is 7.01. The van der Waals surface area contributed by atoms with Gasteiger partial charge in [-0.1, -0.05) is 18.7 Å². The molecule has 2 fully saturated rings. The van der Waals surface area contributed by atoms with Gasteiger partial charge in [0.2, 0.25) is 17.7 Å². The quantitative estimate of drug-likeness (QED) is 0.750. The SMILES string of the molecule is C=CC(=O)N1CCC(C(=O)N2CCN(Cc3cccc(F)c3)C(=O)C2)CC1. The van der Waals surface area contributed by atoms with Crippen LogP contribution in [0.3, 0.4) is 0 Å². The highest BCUT2D eigenvalue weighted by atomic mass is 19.1. The summed E-state index contributed by atoms with van der Waals surface area (Å²) in [7, 11) is 0. The standard InChI is InChI=1S/C20H24FN3O3/c1-2-18(25)22-8-6-16(7-9-22)20(27)24-11-10-23(19(26)14-24)13-15-4-3-5-17(21)12-15/h2-5,12,16H,1,6-11,13-14H2. The Balaban J connectivity index is 1.52. The number of hydrogen-bond acceptors (Lipinski definition) is 3. The zero-order valence-corrected chi connectivity index (χ0v) is 15.3. The van der Waals surface area contributed by atoms with E-state index in [9.17, 15) is 18.8 Å². The van der Waals surface area contributed by atoms with Crippen LogP contribution < -0.4 is 0 Å². The summed E-state index contributed by atoms with van der Waals surface area (Å²) in [6.45, 7) is 5.88. The van der Waals surface area contributed by atoms with Gasteiger partial charge < -0.3 is 14.7 Å². The smallest absolute Gasteiger partial charge is 0.245 e. The molecule has 2 heterocycles. The fourth-order valence-corrected chi connectivity index (χ4v) is 3.65. The lowest BCUT2D eigenvalue weighted by molar-refractivity contribution is -0.149. The fraction of sp³-hybridized carbons (Fsp3) is 0.450. The molecule has 2 aliphatic rings. The van der Waals surface area contributed by atoms with Gasteiger partial charge in [0.1, 0.15) is 5.82 Å². The van der Waals surface area contributed by atoms with E-state index in [1.165, 1.54) is 18.2 Å². The number of piperidine rings is 1. The Morgan fingerprint density at radius 2 is 1.89 bits per heavy atom. The second kappa shape index (κ2) is 8.33. The molecule has 1 aromatic carbocycles. The van der Waals surface area contributed by atoms with Gasteiger partial charge >= 0.3 is 0 Å². The van der Waals surface area contributed by atoms with Crippen molar-refractivity contribution in [1.29, 1.82) is 0 Å². The van der Waals surface area contributed by atoms with Crippen LogP contribution in [-0.4, -0.2) is 65.1 Å². The van der Waals surface area contributed by atoms with Crippen molar-refractivity contribution < 1.29 is 18.8 Å². The van der Waals surface area contributed by atoms with E-state index in [0.29, 0.717) is 45.6 Å². The van der Waals surface area contributed by atoms with Crippen LogP contribution in [0.15, 0.2) is 36.9 Å². The van der Waals surface area contributed by atoms with E-state index in [1.807, 2.05) is 0 Å². The summed E-state index contributed by atoms with van der Waals surface area (Å²) in [5.41, 5.74) is 0.738. The molecular formula is C20H24FN3O3. The number of likely N-dealkylation sites (tertiary alicyclic amines) is 1. The summed E-state index contributed by atoms with van der Waals surface area (Å²) in [4.78, 5) is 41.8. The zero-order valence-electron chi connectivity index (χ0n) is 15.3. The molecule has 0 aliphatic carbocycles. The Labute approximate surface area is 158 Å². The van der Waals surface area contributed by atoms with Crippen LogP contribution in [0.4, 0.5) is 4.39 Å². The molecule has 2 aliphatic heterocycles. The molecule has 0 spiro atoms. The predicted octanol–water partition coefficient (Wildman–Crippen LogP) is 1.42. The maximum Gasteiger partial charge on any atom is 0.245 e. The molecule has 3 rings (SSSR count). The average Bonchev–Trinajstić information content (AvgIpc) is 2.68. The van der Waals surface area contributed by atoms with E-state index in [0.717, 1.165) is 5.56 Å². The Kier molecular flexibility index (Phi) is 5.88. The molecule has 3 amide bonds. The van der Waals surface area contributed by atoms with Crippen LogP contribution in [0.1, 0.15) is 18.4 Å². The van der Waals surface area contributed by atoms with Gasteiger partial charge in [0.05, 0.1) is 6.54 Å². The third-order valence-electron chi connectivity index (χ3n) is 5.22. The Morgan fingerprint density at radius 1 is 1.15 bits per heavy atom. The van der Waals surface area contributed by atoms with Crippen molar-refractivity contribution in [3.8, 4) is 0 Å². The molecule has 0 aromatic heterocycles. The molecule has 0 unspecified atom stereocenters. The van der Waals surface area contributed by atoms with Crippen LogP contribution in [0.25, 0.3) is 0 Å². The number of piperazine rings is 1. The number of carbonyl (C=O) groups is 3. The van der Waals surface area contributed by atoms with Gasteiger partial charge in [0.25, 0.3) is 0 Å². The largest absolute Gasteiger partial charge is 0.339 e. The van der Waals surface area contributed by atoms with Crippen LogP contribution in [0.2, 0.25) is 0 Å². The van der Waals surface area contributed by atoms with Gasteiger partial charge in [-0.3, -0.25) is 14.4 Å². The lowest BCUT2D eigenvalue weighted by atomic mass is 9.95. The number of rotatable bonds is 4. The molecule has 0 radical (unpaired) electrons. The van der Waals surface area contributed by atoms with Crippen molar-refractivity contribution >= 4 is 17.7 Å². The third kappa shape index (κ3) is 4.53. The minimum Gasteiger partial charge on any atom is -0.339 e. The maximum absolute atomic E-state index is 13.3. The van der Waals surface area contributed by atoms with Crippen LogP contribution in [0.5, 0.6) is 0 Å². The number of nitrogens with zero attached hydrogens (tertiary/aromatic N) is 3. The Hall–Kier alpha value is -2.70. The summed E-state index contributed by atoms with van der Waals surface area (Å²) >= 11 is 0. The van der Waals surface area contributed by atoms with Gasteiger partial charge in [-0.15, -0.1) is 0 Å². The van der Waals surface area contributed by atoms with Crippen LogP contribution in [0, 0.1) is 11.7 Å². The second-order valence-electron chi connectivity index (χ2n) is 7.01. The van der Waals surface area contributed by atoms with Gasteiger partial charge in [-0.2, -0.15) is 0 Å². The summed E-state index contributed by atoms with van der Waals surface area (Å²) in [5.74, 6) is -0.726. The molecule has 0 atom stereocenters. The summed E-state index contributed by atoms with van der Waals surface area (Å²) in [6, 6.07) is 6.20. The third-order valence-corrected chi connectivity index (χ3v) is 5.22. The first-order valence-electron chi connectivity index (χ1n) is 9.20. The van der Waals surface area contributed by atoms with Crippen molar-refractivity contribution in [1.82, 2.24) is 14.7 Å². The number of carbonyl (C=O) groups excluding carboxylic acids is 3. The van der Waals surface area contributed by atoms with E-state index in [4.69, 9.17) is 0 Å². The predicted molar refractivity (Wildman–Crippen MR) is 97.9 cm³/mol. The molecule has 6 nitrogen and oxygen atoms in total. The van der Waals surface area contributed by atoms with Crippen molar-refractivity contribution in [2.45, 2.75) is 19.4 Å². The molecule has 7 heteroatoms. The zero-order chi connectivity index (χ0) is 19.4. The van der Waals surface area contributed by atoms with Crippen LogP contribution in [-0.2, 0) is 20.9 Å². The first-order valence-corrected chi connectivity index (χ1v) is 9.20. The lowest BCUT2D eigenvalue weighted by Gasteiger charge is -2.38. The van der Waals surface area contributed by atoms with E-state index in [1.54, 1.807) is 26.8 Å². The van der Waals surface area contributed by atoms with Gasteiger partial charge in [-0.25, -0.2) is 4.39 Å². The topological polar surface area (TPSA) is 60.9 Å². The molecule has 27 heavy (non-hydrogen) atoms. The molecule has 0 saturated carbocycles. The number of benzene rings is 1. The van der Waals surface area contributed by atoms with Crippen molar-refractivity contribution in [2.75, 3.05) is 32.7 Å². The van der Waals surface area contributed by atoms with Gasteiger partial charge in [0, 0.05) is 38.6 Å². The first kappa shape index (κ1) is 19.1. The average molecular weight is 373 g/mol.